The molecule has 1 unspecified atom stereocenters. The fourth-order valence-electron chi connectivity index (χ4n) is 3.09. The number of nitrogens with one attached hydrogen (secondary N) is 2. The van der Waals surface area contributed by atoms with Crippen LogP contribution in [0.4, 0.5) is 5.69 Å². The van der Waals surface area contributed by atoms with Crippen molar-refractivity contribution in [3.05, 3.63) is 83.9 Å². The monoisotopic (exact) mass is 389 g/mol. The maximum absolute atomic E-state index is 11.6. The molecule has 0 radical (unpaired) electrons. The van der Waals surface area contributed by atoms with Gasteiger partial charge < -0.3 is 20.3 Å². The number of hydrogen-bond donors (Lipinski definition) is 3. The number of nitriles is 1. The molecule has 0 aliphatic rings. The number of nitrogens with zero attached hydrogens (tertiary/aromatic N) is 3. The van der Waals surface area contributed by atoms with Crippen molar-refractivity contribution in [1.82, 2.24) is 14.9 Å². The zero-order valence-corrected chi connectivity index (χ0v) is 16.1. The van der Waals surface area contributed by atoms with Crippen LogP contribution in [0.25, 0.3) is 0 Å². The first-order valence-corrected chi connectivity index (χ1v) is 9.34. The maximum atomic E-state index is 11.6. The van der Waals surface area contributed by atoms with Gasteiger partial charge in [-0.15, -0.1) is 0 Å². The van der Waals surface area contributed by atoms with E-state index >= 15 is 0 Å². The quantitative estimate of drug-likeness (QED) is 0.520. The molecular formula is C22H23N5O2. The minimum atomic E-state index is -0.916. The molecule has 1 heterocycles. The molecular weight excluding hydrogens is 366 g/mol. The van der Waals surface area contributed by atoms with Crippen molar-refractivity contribution in [1.29, 1.82) is 5.26 Å². The Morgan fingerprint density at radius 3 is 2.59 bits per heavy atom. The van der Waals surface area contributed by atoms with Gasteiger partial charge in [0.25, 0.3) is 0 Å². The van der Waals surface area contributed by atoms with Crippen LogP contribution >= 0.6 is 0 Å². The van der Waals surface area contributed by atoms with Crippen molar-refractivity contribution in [3.8, 4) is 6.07 Å². The summed E-state index contributed by atoms with van der Waals surface area (Å²) >= 11 is 0. The van der Waals surface area contributed by atoms with E-state index in [1.54, 1.807) is 24.7 Å². The molecule has 29 heavy (non-hydrogen) atoms. The van der Waals surface area contributed by atoms with E-state index < -0.39 is 12.0 Å². The van der Waals surface area contributed by atoms with Crippen LogP contribution in [-0.2, 0) is 11.3 Å². The summed E-state index contributed by atoms with van der Waals surface area (Å²) in [5.41, 5.74) is 3.41. The van der Waals surface area contributed by atoms with Crippen LogP contribution in [0, 0.1) is 11.3 Å². The second kappa shape index (κ2) is 9.53. The lowest BCUT2D eigenvalue weighted by molar-refractivity contribution is -0.137. The molecule has 3 aromatic rings. The number of carbonyl (C=O) groups is 1. The SMILES string of the molecule is C[C@H](c1ccc(C#N)cc1)n1cncc1CNCC(Nc1ccccc1)C(=O)O. The van der Waals surface area contributed by atoms with Gasteiger partial charge in [-0.05, 0) is 36.8 Å². The average molecular weight is 389 g/mol. The van der Waals surface area contributed by atoms with Gasteiger partial charge in [0, 0.05) is 25.0 Å². The molecule has 2 atom stereocenters. The Balaban J connectivity index is 1.61. The highest BCUT2D eigenvalue weighted by molar-refractivity contribution is 5.77. The predicted molar refractivity (Wildman–Crippen MR) is 110 cm³/mol. The smallest absolute Gasteiger partial charge is 0.327 e. The Hall–Kier alpha value is -3.63. The van der Waals surface area contributed by atoms with E-state index in [2.05, 4.69) is 28.6 Å². The third kappa shape index (κ3) is 5.21. The molecule has 3 rings (SSSR count). The molecule has 0 aliphatic carbocycles. The number of para-hydroxylation sites is 1. The number of carboxylic acids is 1. The van der Waals surface area contributed by atoms with Gasteiger partial charge in [0.2, 0.25) is 0 Å². The Kier molecular flexibility index (Phi) is 6.61. The van der Waals surface area contributed by atoms with E-state index in [0.29, 0.717) is 12.1 Å². The molecule has 1 aromatic heterocycles. The molecule has 0 aliphatic heterocycles. The Morgan fingerprint density at radius 1 is 1.21 bits per heavy atom. The maximum Gasteiger partial charge on any atom is 0.327 e. The molecule has 0 saturated heterocycles. The summed E-state index contributed by atoms with van der Waals surface area (Å²) in [5, 5.41) is 24.7. The second-order valence-corrected chi connectivity index (χ2v) is 6.73. The molecule has 7 heteroatoms. The summed E-state index contributed by atoms with van der Waals surface area (Å²) in [6.07, 6.45) is 3.53. The van der Waals surface area contributed by atoms with Gasteiger partial charge >= 0.3 is 5.97 Å². The van der Waals surface area contributed by atoms with E-state index in [1.165, 1.54) is 0 Å². The molecule has 0 fully saturated rings. The van der Waals surface area contributed by atoms with Crippen molar-refractivity contribution in [2.24, 2.45) is 0 Å². The molecule has 0 spiro atoms. The lowest BCUT2D eigenvalue weighted by Crippen LogP contribution is -2.39. The highest BCUT2D eigenvalue weighted by Crippen LogP contribution is 2.20. The lowest BCUT2D eigenvalue weighted by atomic mass is 10.1. The highest BCUT2D eigenvalue weighted by Gasteiger charge is 2.17. The molecule has 0 saturated carbocycles. The molecule has 0 bridgehead atoms. The first-order valence-electron chi connectivity index (χ1n) is 9.34. The fourth-order valence-corrected chi connectivity index (χ4v) is 3.09. The Morgan fingerprint density at radius 2 is 1.93 bits per heavy atom. The van der Waals surface area contributed by atoms with Crippen molar-refractivity contribution in [3.63, 3.8) is 0 Å². The number of imidazole rings is 1. The molecule has 0 amide bonds. The number of hydrogen-bond acceptors (Lipinski definition) is 5. The highest BCUT2D eigenvalue weighted by atomic mass is 16.4. The van der Waals surface area contributed by atoms with Gasteiger partial charge in [0.05, 0.1) is 29.7 Å². The standard InChI is InChI=1S/C22H23N5O2/c1-16(18-9-7-17(11-23)8-10-18)27-15-25-13-20(27)12-24-14-21(22(28)29)26-19-5-3-2-4-6-19/h2-10,13,15-16,21,24,26H,12,14H2,1H3,(H,28,29)/t16-,21?/m1/s1. The number of benzene rings is 2. The molecule has 148 valence electrons. The summed E-state index contributed by atoms with van der Waals surface area (Å²) in [6, 6.07) is 18.2. The summed E-state index contributed by atoms with van der Waals surface area (Å²) in [4.78, 5) is 15.8. The minimum absolute atomic E-state index is 0.0414. The van der Waals surface area contributed by atoms with Gasteiger partial charge in [-0.3, -0.25) is 0 Å². The second-order valence-electron chi connectivity index (χ2n) is 6.73. The van der Waals surface area contributed by atoms with E-state index in [1.807, 2.05) is 47.0 Å². The lowest BCUT2D eigenvalue weighted by Gasteiger charge is -2.19. The largest absolute Gasteiger partial charge is 0.480 e. The van der Waals surface area contributed by atoms with Crippen LogP contribution < -0.4 is 10.6 Å². The number of aliphatic carboxylic acids is 1. The van der Waals surface area contributed by atoms with Crippen LogP contribution in [0.5, 0.6) is 0 Å². The van der Waals surface area contributed by atoms with Crippen LogP contribution in [0.3, 0.4) is 0 Å². The van der Waals surface area contributed by atoms with Crippen LogP contribution in [-0.4, -0.2) is 33.2 Å². The third-order valence-electron chi connectivity index (χ3n) is 4.75. The van der Waals surface area contributed by atoms with E-state index in [9.17, 15) is 9.90 Å². The van der Waals surface area contributed by atoms with E-state index in [4.69, 9.17) is 5.26 Å². The molecule has 2 aromatic carbocycles. The normalized spacial score (nSPS) is 12.7. The first kappa shape index (κ1) is 20.1. The predicted octanol–water partition coefficient (Wildman–Crippen LogP) is 3.02. The Labute approximate surface area is 169 Å². The van der Waals surface area contributed by atoms with Crippen molar-refractivity contribution in [2.45, 2.75) is 25.6 Å². The van der Waals surface area contributed by atoms with Crippen LogP contribution in [0.2, 0.25) is 0 Å². The molecule has 3 N–H and O–H groups in total. The van der Waals surface area contributed by atoms with Gasteiger partial charge in [-0.1, -0.05) is 30.3 Å². The van der Waals surface area contributed by atoms with Crippen LogP contribution in [0.1, 0.15) is 29.8 Å². The fraction of sp³-hybridized carbons (Fsp3) is 0.227. The number of rotatable bonds is 9. The van der Waals surface area contributed by atoms with Gasteiger partial charge in [-0.25, -0.2) is 9.78 Å². The van der Waals surface area contributed by atoms with Crippen molar-refractivity contribution >= 4 is 11.7 Å². The zero-order valence-electron chi connectivity index (χ0n) is 16.1. The molecule has 7 nitrogen and oxygen atoms in total. The topological polar surface area (TPSA) is 103 Å². The third-order valence-corrected chi connectivity index (χ3v) is 4.75. The van der Waals surface area contributed by atoms with Crippen molar-refractivity contribution in [2.75, 3.05) is 11.9 Å². The van der Waals surface area contributed by atoms with Crippen LogP contribution in [0.15, 0.2) is 67.1 Å². The summed E-state index contributed by atoms with van der Waals surface area (Å²) in [5.74, 6) is -0.916. The Bertz CT molecular complexity index is 976. The number of anilines is 1. The van der Waals surface area contributed by atoms with E-state index in [-0.39, 0.29) is 12.6 Å². The zero-order chi connectivity index (χ0) is 20.6. The van der Waals surface area contributed by atoms with Crippen molar-refractivity contribution < 1.29 is 9.90 Å². The minimum Gasteiger partial charge on any atom is -0.480 e. The van der Waals surface area contributed by atoms with E-state index in [0.717, 1.165) is 16.9 Å². The summed E-state index contributed by atoms with van der Waals surface area (Å²) < 4.78 is 2.04. The summed E-state index contributed by atoms with van der Waals surface area (Å²) in [6.45, 7) is 2.81. The van der Waals surface area contributed by atoms with Gasteiger partial charge in [0.1, 0.15) is 6.04 Å². The number of carboxylic acid groups (broad SMARTS) is 1. The number of aromatic nitrogens is 2. The van der Waals surface area contributed by atoms with Gasteiger partial charge in [-0.2, -0.15) is 5.26 Å². The summed E-state index contributed by atoms with van der Waals surface area (Å²) in [7, 11) is 0. The first-order chi connectivity index (χ1) is 14.1. The van der Waals surface area contributed by atoms with Gasteiger partial charge in [0.15, 0.2) is 0 Å². The average Bonchev–Trinajstić information content (AvgIpc) is 3.21.